The van der Waals surface area contributed by atoms with Crippen molar-refractivity contribution in [2.45, 2.75) is 70.9 Å². The van der Waals surface area contributed by atoms with Crippen molar-refractivity contribution in [3.63, 3.8) is 0 Å². The molecule has 0 aromatic carbocycles. The van der Waals surface area contributed by atoms with Gasteiger partial charge in [-0.1, -0.05) is 0 Å². The SMILES string of the molecule is CCOc1nc(N)nc2c1ncn2C1OC2COP(=O)(NC(C)C(=O)OC(C)C)OC2C1(C)F. The lowest BCUT2D eigenvalue weighted by molar-refractivity contribution is -0.149. The van der Waals surface area contributed by atoms with Crippen LogP contribution in [0, 0.1) is 0 Å². The first-order valence-corrected chi connectivity index (χ1v) is 12.4. The second kappa shape index (κ2) is 9.00. The second-order valence-electron chi connectivity index (χ2n) is 8.48. The van der Waals surface area contributed by atoms with Crippen molar-refractivity contribution in [3.05, 3.63) is 6.33 Å². The third-order valence-corrected chi connectivity index (χ3v) is 7.04. The van der Waals surface area contributed by atoms with Crippen molar-refractivity contribution in [1.29, 1.82) is 0 Å². The Morgan fingerprint density at radius 1 is 1.44 bits per heavy atom. The monoisotopic (exact) mass is 502 g/mol. The molecule has 2 aliphatic heterocycles. The van der Waals surface area contributed by atoms with Crippen LogP contribution in [0.25, 0.3) is 11.2 Å². The Bertz CT molecular complexity index is 1130. The molecule has 0 spiro atoms. The van der Waals surface area contributed by atoms with E-state index in [2.05, 4.69) is 20.0 Å². The summed E-state index contributed by atoms with van der Waals surface area (Å²) < 4.78 is 58.1. The predicted octanol–water partition coefficient (Wildman–Crippen LogP) is 1.89. The average molecular weight is 502 g/mol. The average Bonchev–Trinajstić information content (AvgIpc) is 3.25. The van der Waals surface area contributed by atoms with Crippen LogP contribution in [0.1, 0.15) is 40.8 Å². The van der Waals surface area contributed by atoms with Crippen molar-refractivity contribution in [2.75, 3.05) is 18.9 Å². The lowest BCUT2D eigenvalue weighted by Crippen LogP contribution is -2.47. The van der Waals surface area contributed by atoms with E-state index in [-0.39, 0.29) is 35.7 Å². The van der Waals surface area contributed by atoms with Crippen molar-refractivity contribution >= 4 is 30.8 Å². The Labute approximate surface area is 195 Å². The lowest BCUT2D eigenvalue weighted by Gasteiger charge is -2.35. The van der Waals surface area contributed by atoms with Gasteiger partial charge in [0.15, 0.2) is 23.1 Å². The fraction of sp³-hybridized carbons (Fsp3) is 0.684. The molecule has 0 bridgehead atoms. The van der Waals surface area contributed by atoms with Gasteiger partial charge in [-0.2, -0.15) is 9.97 Å². The van der Waals surface area contributed by atoms with E-state index in [0.717, 1.165) is 0 Å². The Morgan fingerprint density at radius 3 is 2.85 bits per heavy atom. The van der Waals surface area contributed by atoms with E-state index in [1.165, 1.54) is 24.7 Å². The van der Waals surface area contributed by atoms with E-state index in [0.29, 0.717) is 6.61 Å². The van der Waals surface area contributed by atoms with Crippen LogP contribution < -0.4 is 15.6 Å². The molecular weight excluding hydrogens is 474 g/mol. The number of hydrogen-bond donors (Lipinski definition) is 2. The first-order valence-electron chi connectivity index (χ1n) is 10.8. The molecule has 13 nitrogen and oxygen atoms in total. The molecule has 0 saturated carbocycles. The van der Waals surface area contributed by atoms with Gasteiger partial charge in [-0.05, 0) is 34.6 Å². The smallest absolute Gasteiger partial charge is 0.406 e. The molecule has 2 aliphatic rings. The summed E-state index contributed by atoms with van der Waals surface area (Å²) in [6, 6.07) is -1.01. The van der Waals surface area contributed by atoms with Crippen LogP contribution >= 0.6 is 7.75 Å². The maximum absolute atomic E-state index is 16.2. The van der Waals surface area contributed by atoms with Gasteiger partial charge in [0.2, 0.25) is 11.8 Å². The number of ether oxygens (including phenoxy) is 3. The number of anilines is 1. The summed E-state index contributed by atoms with van der Waals surface area (Å²) >= 11 is 0. The number of alkyl halides is 1. The van der Waals surface area contributed by atoms with Crippen LogP contribution in [-0.4, -0.2) is 68.7 Å². The van der Waals surface area contributed by atoms with E-state index >= 15 is 4.39 Å². The summed E-state index contributed by atoms with van der Waals surface area (Å²) in [6.45, 7) is 7.94. The molecule has 4 heterocycles. The normalized spacial score (nSPS) is 32.0. The number of imidazole rings is 1. The minimum atomic E-state index is -4.05. The summed E-state index contributed by atoms with van der Waals surface area (Å²) in [5.74, 6) is -0.560. The number of nitrogen functional groups attached to an aromatic ring is 1. The van der Waals surface area contributed by atoms with Gasteiger partial charge in [0.25, 0.3) is 0 Å². The Kier molecular flexibility index (Phi) is 6.55. The Balaban J connectivity index is 1.58. The first-order chi connectivity index (χ1) is 15.9. The highest BCUT2D eigenvalue weighted by molar-refractivity contribution is 7.51. The van der Waals surface area contributed by atoms with E-state index in [1.807, 2.05) is 0 Å². The molecule has 0 radical (unpaired) electrons. The van der Waals surface area contributed by atoms with Crippen LogP contribution in [0.15, 0.2) is 6.33 Å². The topological polar surface area (TPSA) is 162 Å². The standard InChI is InChI=1S/C19H28FN6O7P/c1-6-29-15-12-14(23-18(21)24-15)26(8-22-12)17-19(5,20)13-11(32-17)7-30-34(28,33-13)25-10(4)16(27)31-9(2)3/h8-11,13,17H,6-7H2,1-5H3,(H,25,28)(H2,21,23,24). The van der Waals surface area contributed by atoms with E-state index in [9.17, 15) is 9.36 Å². The van der Waals surface area contributed by atoms with Crippen LogP contribution in [0.3, 0.4) is 0 Å². The number of halogens is 1. The molecule has 4 rings (SSSR count). The molecule has 2 aromatic heterocycles. The molecule has 0 amide bonds. The number of aromatic nitrogens is 4. The quantitative estimate of drug-likeness (QED) is 0.418. The molecule has 6 atom stereocenters. The van der Waals surface area contributed by atoms with Crippen molar-refractivity contribution < 1.29 is 37.0 Å². The number of fused-ring (bicyclic) bond motifs is 2. The zero-order valence-corrected chi connectivity index (χ0v) is 20.3. The van der Waals surface area contributed by atoms with Gasteiger partial charge in [-0.15, -0.1) is 0 Å². The predicted molar refractivity (Wildman–Crippen MR) is 117 cm³/mol. The summed E-state index contributed by atoms with van der Waals surface area (Å²) in [5.41, 5.74) is 4.10. The van der Waals surface area contributed by atoms with Gasteiger partial charge in [-0.3, -0.25) is 18.4 Å². The third kappa shape index (κ3) is 4.48. The highest BCUT2D eigenvalue weighted by atomic mass is 31.2. The van der Waals surface area contributed by atoms with Crippen LogP contribution in [0.4, 0.5) is 10.3 Å². The number of hydrogen-bond acceptors (Lipinski definition) is 11. The van der Waals surface area contributed by atoms with Gasteiger partial charge in [0.1, 0.15) is 18.2 Å². The molecule has 0 aliphatic carbocycles. The molecule has 2 aromatic rings. The third-order valence-electron chi connectivity index (χ3n) is 5.34. The number of nitrogens with one attached hydrogen (secondary N) is 1. The number of carbonyl (C=O) groups excluding carboxylic acids is 1. The minimum Gasteiger partial charge on any atom is -0.476 e. The lowest BCUT2D eigenvalue weighted by atomic mass is 9.98. The summed E-state index contributed by atoms with van der Waals surface area (Å²) in [4.78, 5) is 24.5. The number of rotatable bonds is 7. The molecule has 34 heavy (non-hydrogen) atoms. The van der Waals surface area contributed by atoms with Gasteiger partial charge in [0.05, 0.1) is 25.6 Å². The Hall–Kier alpha value is -2.38. The fourth-order valence-electron chi connectivity index (χ4n) is 3.87. The van der Waals surface area contributed by atoms with Crippen LogP contribution in [0.2, 0.25) is 0 Å². The maximum Gasteiger partial charge on any atom is 0.406 e. The van der Waals surface area contributed by atoms with Crippen LogP contribution in [0.5, 0.6) is 5.88 Å². The zero-order chi connectivity index (χ0) is 24.8. The fourth-order valence-corrected chi connectivity index (χ4v) is 5.63. The summed E-state index contributed by atoms with van der Waals surface area (Å²) in [5, 5.41) is 2.50. The van der Waals surface area contributed by atoms with Crippen molar-refractivity contribution in [3.8, 4) is 5.88 Å². The molecule has 188 valence electrons. The van der Waals surface area contributed by atoms with Crippen LogP contribution in [-0.2, 0) is 27.9 Å². The Morgan fingerprint density at radius 2 is 2.18 bits per heavy atom. The van der Waals surface area contributed by atoms with Gasteiger partial charge in [-0.25, -0.2) is 19.0 Å². The van der Waals surface area contributed by atoms with E-state index in [1.54, 1.807) is 20.8 Å². The molecule has 3 N–H and O–H groups in total. The van der Waals surface area contributed by atoms with Gasteiger partial charge in [0, 0.05) is 0 Å². The largest absolute Gasteiger partial charge is 0.476 e. The zero-order valence-electron chi connectivity index (χ0n) is 19.4. The number of nitrogens with two attached hydrogens (primary N) is 1. The maximum atomic E-state index is 16.2. The number of nitrogens with zero attached hydrogens (tertiary/aromatic N) is 4. The van der Waals surface area contributed by atoms with E-state index in [4.69, 9.17) is 29.0 Å². The molecule has 6 unspecified atom stereocenters. The number of esters is 1. The number of carbonyl (C=O) groups is 1. The highest BCUT2D eigenvalue weighted by Gasteiger charge is 2.61. The van der Waals surface area contributed by atoms with Gasteiger partial charge < -0.3 is 19.9 Å². The molecule has 15 heteroatoms. The highest BCUT2D eigenvalue weighted by Crippen LogP contribution is 2.57. The summed E-state index contributed by atoms with van der Waals surface area (Å²) in [7, 11) is -4.05. The summed E-state index contributed by atoms with van der Waals surface area (Å²) in [6.07, 6.45) is -2.44. The molecule has 2 fully saturated rings. The molecular formula is C19H28FN6O7P. The minimum absolute atomic E-state index is 0.0794. The van der Waals surface area contributed by atoms with Crippen molar-refractivity contribution in [1.82, 2.24) is 24.6 Å². The van der Waals surface area contributed by atoms with Crippen molar-refractivity contribution in [2.24, 2.45) is 0 Å². The molecule has 2 saturated heterocycles. The first kappa shape index (κ1) is 24.7. The van der Waals surface area contributed by atoms with E-state index < -0.39 is 43.9 Å². The van der Waals surface area contributed by atoms with Gasteiger partial charge >= 0.3 is 13.7 Å². The second-order valence-corrected chi connectivity index (χ2v) is 10.2.